The van der Waals surface area contributed by atoms with Crippen molar-refractivity contribution < 1.29 is 0 Å². The van der Waals surface area contributed by atoms with Crippen LogP contribution in [-0.2, 0) is 0 Å². The standard InChI is InChI=1S/C14H19N3/c1-11-4-5-14(12(9-11)10-15)17-8-6-13-3-2-7-16-13/h4-5,9,13,16-17H,2-3,6-8H2,1H3. The van der Waals surface area contributed by atoms with Crippen LogP contribution >= 0.6 is 0 Å². The fraction of sp³-hybridized carbons (Fsp3) is 0.500. The van der Waals surface area contributed by atoms with Crippen LogP contribution in [0.2, 0.25) is 0 Å². The van der Waals surface area contributed by atoms with Crippen molar-refractivity contribution in [2.75, 3.05) is 18.4 Å². The maximum atomic E-state index is 9.05. The average Bonchev–Trinajstić information content (AvgIpc) is 2.84. The summed E-state index contributed by atoms with van der Waals surface area (Å²) in [7, 11) is 0. The Balaban J connectivity index is 1.88. The van der Waals surface area contributed by atoms with E-state index in [9.17, 15) is 0 Å². The van der Waals surface area contributed by atoms with Gasteiger partial charge in [0, 0.05) is 12.6 Å². The molecule has 0 aromatic heterocycles. The number of benzene rings is 1. The smallest absolute Gasteiger partial charge is 0.101 e. The van der Waals surface area contributed by atoms with Gasteiger partial charge in [-0.1, -0.05) is 6.07 Å². The van der Waals surface area contributed by atoms with E-state index in [0.717, 1.165) is 36.3 Å². The van der Waals surface area contributed by atoms with Gasteiger partial charge in [-0.05, 0) is 50.4 Å². The Bertz CT molecular complexity index is 414. The number of nitrogens with zero attached hydrogens (tertiary/aromatic N) is 1. The van der Waals surface area contributed by atoms with Crippen molar-refractivity contribution in [1.29, 1.82) is 5.26 Å². The lowest BCUT2D eigenvalue weighted by Gasteiger charge is -2.12. The van der Waals surface area contributed by atoms with Gasteiger partial charge in [0.05, 0.1) is 11.3 Å². The Morgan fingerprint density at radius 1 is 1.53 bits per heavy atom. The predicted molar refractivity (Wildman–Crippen MR) is 70.0 cm³/mol. The van der Waals surface area contributed by atoms with Gasteiger partial charge in [0.15, 0.2) is 0 Å². The predicted octanol–water partition coefficient (Wildman–Crippen LogP) is 2.42. The molecule has 2 N–H and O–H groups in total. The lowest BCUT2D eigenvalue weighted by atomic mass is 10.1. The molecule has 1 aromatic rings. The van der Waals surface area contributed by atoms with Crippen molar-refractivity contribution in [3.63, 3.8) is 0 Å². The minimum absolute atomic E-state index is 0.651. The first-order valence-electron chi connectivity index (χ1n) is 6.27. The molecule has 1 unspecified atom stereocenters. The fourth-order valence-corrected chi connectivity index (χ4v) is 2.29. The highest BCUT2D eigenvalue weighted by atomic mass is 15.0. The molecule has 1 aliphatic rings. The van der Waals surface area contributed by atoms with Crippen LogP contribution in [0, 0.1) is 18.3 Å². The molecule has 2 rings (SSSR count). The van der Waals surface area contributed by atoms with E-state index in [1.807, 2.05) is 25.1 Å². The summed E-state index contributed by atoms with van der Waals surface area (Å²) in [5, 5.41) is 15.9. The maximum absolute atomic E-state index is 9.05. The number of hydrogen-bond donors (Lipinski definition) is 2. The molecule has 0 bridgehead atoms. The molecule has 1 aliphatic heterocycles. The number of aryl methyl sites for hydroxylation is 1. The summed E-state index contributed by atoms with van der Waals surface area (Å²) in [5.74, 6) is 0. The van der Waals surface area contributed by atoms with Crippen molar-refractivity contribution in [1.82, 2.24) is 5.32 Å². The molecule has 0 saturated carbocycles. The van der Waals surface area contributed by atoms with E-state index in [2.05, 4.69) is 16.7 Å². The Morgan fingerprint density at radius 2 is 2.41 bits per heavy atom. The Kier molecular flexibility index (Phi) is 4.00. The van der Waals surface area contributed by atoms with Gasteiger partial charge in [-0.15, -0.1) is 0 Å². The van der Waals surface area contributed by atoms with Crippen molar-refractivity contribution in [2.24, 2.45) is 0 Å². The quantitative estimate of drug-likeness (QED) is 0.833. The number of hydrogen-bond acceptors (Lipinski definition) is 3. The Hall–Kier alpha value is -1.53. The molecule has 0 amide bonds. The van der Waals surface area contributed by atoms with E-state index in [-0.39, 0.29) is 0 Å². The molecule has 1 aromatic carbocycles. The Labute approximate surface area is 103 Å². The van der Waals surface area contributed by atoms with Gasteiger partial charge >= 0.3 is 0 Å². The van der Waals surface area contributed by atoms with E-state index in [1.165, 1.54) is 12.8 Å². The van der Waals surface area contributed by atoms with Crippen LogP contribution in [0.4, 0.5) is 5.69 Å². The van der Waals surface area contributed by atoms with Gasteiger partial charge in [-0.25, -0.2) is 0 Å². The first kappa shape index (κ1) is 11.9. The third kappa shape index (κ3) is 3.21. The van der Waals surface area contributed by atoms with Gasteiger partial charge in [-0.3, -0.25) is 0 Å². The van der Waals surface area contributed by atoms with Crippen molar-refractivity contribution in [2.45, 2.75) is 32.2 Å². The van der Waals surface area contributed by atoms with Crippen LogP contribution in [0.3, 0.4) is 0 Å². The van der Waals surface area contributed by atoms with Crippen molar-refractivity contribution in [3.8, 4) is 6.07 Å². The van der Waals surface area contributed by atoms with Gasteiger partial charge in [0.2, 0.25) is 0 Å². The van der Waals surface area contributed by atoms with Crippen molar-refractivity contribution in [3.05, 3.63) is 29.3 Å². The summed E-state index contributed by atoms with van der Waals surface area (Å²) < 4.78 is 0. The number of rotatable bonds is 4. The van der Waals surface area contributed by atoms with Gasteiger partial charge in [-0.2, -0.15) is 5.26 Å². The van der Waals surface area contributed by atoms with Gasteiger partial charge in [0.1, 0.15) is 6.07 Å². The second kappa shape index (κ2) is 5.70. The first-order valence-corrected chi connectivity index (χ1v) is 6.27. The summed E-state index contributed by atoms with van der Waals surface area (Å²) in [6.45, 7) is 4.08. The van der Waals surface area contributed by atoms with Gasteiger partial charge in [0.25, 0.3) is 0 Å². The highest BCUT2D eigenvalue weighted by molar-refractivity contribution is 5.58. The topological polar surface area (TPSA) is 47.8 Å². The zero-order valence-electron chi connectivity index (χ0n) is 10.3. The molecule has 3 nitrogen and oxygen atoms in total. The largest absolute Gasteiger partial charge is 0.384 e. The van der Waals surface area contributed by atoms with Crippen molar-refractivity contribution >= 4 is 5.69 Å². The van der Waals surface area contributed by atoms with E-state index >= 15 is 0 Å². The lowest BCUT2D eigenvalue weighted by molar-refractivity contribution is 0.574. The summed E-state index contributed by atoms with van der Waals surface area (Å²) in [5.41, 5.74) is 2.82. The van der Waals surface area contributed by atoms with E-state index in [4.69, 9.17) is 5.26 Å². The summed E-state index contributed by atoms with van der Waals surface area (Å²) in [4.78, 5) is 0. The van der Waals surface area contributed by atoms with Crippen LogP contribution in [0.15, 0.2) is 18.2 Å². The molecule has 1 fully saturated rings. The zero-order chi connectivity index (χ0) is 12.1. The number of anilines is 1. The molecule has 0 aliphatic carbocycles. The molecule has 1 heterocycles. The number of nitriles is 1. The minimum atomic E-state index is 0.651. The van der Waals surface area contributed by atoms with Crippen LogP contribution in [0.5, 0.6) is 0 Å². The minimum Gasteiger partial charge on any atom is -0.384 e. The second-order valence-corrected chi connectivity index (χ2v) is 4.67. The highest BCUT2D eigenvalue weighted by Crippen LogP contribution is 2.17. The molecule has 1 saturated heterocycles. The van der Waals surface area contributed by atoms with Crippen LogP contribution in [-0.4, -0.2) is 19.1 Å². The van der Waals surface area contributed by atoms with Gasteiger partial charge < -0.3 is 10.6 Å². The number of nitrogens with one attached hydrogen (secondary N) is 2. The molecule has 0 radical (unpaired) electrons. The van der Waals surface area contributed by atoms with E-state index in [0.29, 0.717) is 6.04 Å². The summed E-state index contributed by atoms with van der Waals surface area (Å²) in [6, 6.07) is 8.85. The average molecular weight is 229 g/mol. The molecular weight excluding hydrogens is 210 g/mol. The molecule has 17 heavy (non-hydrogen) atoms. The molecule has 0 spiro atoms. The SMILES string of the molecule is Cc1ccc(NCCC2CCCN2)c(C#N)c1. The zero-order valence-corrected chi connectivity index (χ0v) is 10.3. The first-order chi connectivity index (χ1) is 8.29. The highest BCUT2D eigenvalue weighted by Gasteiger charge is 2.13. The van der Waals surface area contributed by atoms with E-state index in [1.54, 1.807) is 0 Å². The summed E-state index contributed by atoms with van der Waals surface area (Å²) >= 11 is 0. The fourth-order valence-electron chi connectivity index (χ4n) is 2.29. The lowest BCUT2D eigenvalue weighted by Crippen LogP contribution is -2.24. The molecule has 3 heteroatoms. The van der Waals surface area contributed by atoms with Crippen LogP contribution < -0.4 is 10.6 Å². The summed E-state index contributed by atoms with van der Waals surface area (Å²) in [6.07, 6.45) is 3.69. The maximum Gasteiger partial charge on any atom is 0.101 e. The normalized spacial score (nSPS) is 18.9. The second-order valence-electron chi connectivity index (χ2n) is 4.67. The molecule has 90 valence electrons. The van der Waals surface area contributed by atoms with Crippen LogP contribution in [0.25, 0.3) is 0 Å². The third-order valence-electron chi connectivity index (χ3n) is 3.27. The monoisotopic (exact) mass is 229 g/mol. The molecular formula is C14H19N3. The molecule has 1 atom stereocenters. The Morgan fingerprint density at radius 3 is 3.12 bits per heavy atom. The van der Waals surface area contributed by atoms with E-state index < -0.39 is 0 Å². The third-order valence-corrected chi connectivity index (χ3v) is 3.27. The van der Waals surface area contributed by atoms with Crippen LogP contribution in [0.1, 0.15) is 30.4 Å².